The van der Waals surface area contributed by atoms with Crippen molar-refractivity contribution in [3.05, 3.63) is 0 Å². The summed E-state index contributed by atoms with van der Waals surface area (Å²) in [5.41, 5.74) is 0.111. The van der Waals surface area contributed by atoms with Gasteiger partial charge in [-0.15, -0.1) is 0 Å². The maximum atomic E-state index is 10.5. The van der Waals surface area contributed by atoms with Gasteiger partial charge in [-0.1, -0.05) is 16.2 Å². The molecule has 0 aromatic carbocycles. The lowest BCUT2D eigenvalue weighted by atomic mass is 10.6. The zero-order chi connectivity index (χ0) is 7.28. The van der Waals surface area contributed by atoms with Crippen molar-refractivity contribution in [3.8, 4) is 0 Å². The van der Waals surface area contributed by atoms with Crippen LogP contribution in [0.3, 0.4) is 0 Å². The summed E-state index contributed by atoms with van der Waals surface area (Å²) in [6, 6.07) is 0. The zero-order valence-electron chi connectivity index (χ0n) is 4.64. The first kappa shape index (κ1) is 9.35. The number of hydrogen-bond acceptors (Lipinski definition) is 2. The number of carbonyl (C=O) groups excluding carboxylic acids is 1. The van der Waals surface area contributed by atoms with E-state index in [1.54, 1.807) is 0 Å². The first-order valence-corrected chi connectivity index (χ1v) is 4.87. The van der Waals surface area contributed by atoms with Crippen LogP contribution in [0.25, 0.3) is 0 Å². The van der Waals surface area contributed by atoms with Gasteiger partial charge in [0.25, 0.3) is 0 Å². The molecule has 0 heterocycles. The standard InChI is InChI=1S/C4H6Cl2O2P/c5-3-9(8)2-1-4(6)7/h1-3H2/q+1. The predicted molar refractivity (Wildman–Crippen MR) is 38.7 cm³/mol. The van der Waals surface area contributed by atoms with Gasteiger partial charge in [-0.25, -0.2) is 0 Å². The lowest BCUT2D eigenvalue weighted by Gasteiger charge is -1.78. The van der Waals surface area contributed by atoms with Crippen LogP contribution < -0.4 is 0 Å². The minimum Gasteiger partial charge on any atom is -0.281 e. The highest BCUT2D eigenvalue weighted by Crippen LogP contribution is 2.22. The minimum atomic E-state index is -1.40. The second kappa shape index (κ2) is 5.16. The van der Waals surface area contributed by atoms with E-state index in [9.17, 15) is 9.36 Å². The molecule has 0 aromatic rings. The Labute approximate surface area is 64.3 Å². The van der Waals surface area contributed by atoms with Crippen LogP contribution in [-0.4, -0.2) is 17.0 Å². The van der Waals surface area contributed by atoms with Crippen molar-refractivity contribution in [2.24, 2.45) is 0 Å². The normalized spacial score (nSPS) is 11.1. The molecule has 1 atom stereocenters. The molecule has 0 aliphatic carbocycles. The third-order valence-corrected chi connectivity index (χ3v) is 2.67. The van der Waals surface area contributed by atoms with Crippen LogP contribution in [0.5, 0.6) is 0 Å². The van der Waals surface area contributed by atoms with Gasteiger partial charge in [0.2, 0.25) is 10.9 Å². The summed E-state index contributed by atoms with van der Waals surface area (Å²) < 4.78 is 10.5. The number of rotatable bonds is 4. The quantitative estimate of drug-likeness (QED) is 0.384. The smallest absolute Gasteiger partial charge is 0.281 e. The molecule has 0 spiro atoms. The number of hydrogen-bond donors (Lipinski definition) is 0. The molecular weight excluding hydrogens is 182 g/mol. The maximum absolute atomic E-state index is 10.5. The minimum absolute atomic E-state index is 0.111. The van der Waals surface area contributed by atoms with Crippen LogP contribution >= 0.6 is 31.0 Å². The summed E-state index contributed by atoms with van der Waals surface area (Å²) >= 11 is 10.2. The van der Waals surface area contributed by atoms with Crippen LogP contribution in [0, 0.1) is 0 Å². The molecule has 0 aliphatic heterocycles. The van der Waals surface area contributed by atoms with Gasteiger partial charge in [0.1, 0.15) is 0 Å². The van der Waals surface area contributed by atoms with Crippen molar-refractivity contribution in [2.75, 3.05) is 11.8 Å². The van der Waals surface area contributed by atoms with E-state index in [1.165, 1.54) is 0 Å². The Kier molecular flexibility index (Phi) is 5.36. The summed E-state index contributed by atoms with van der Waals surface area (Å²) in [4.78, 5) is 10.1. The average Bonchev–Trinajstić information content (AvgIpc) is 1.83. The van der Waals surface area contributed by atoms with Gasteiger partial charge in [-0.3, -0.25) is 4.79 Å². The molecular formula is C4H6Cl2O2P+. The molecule has 0 rings (SSSR count). The van der Waals surface area contributed by atoms with E-state index < -0.39 is 13.0 Å². The van der Waals surface area contributed by atoms with Crippen LogP contribution in [-0.2, 0) is 9.36 Å². The van der Waals surface area contributed by atoms with E-state index in [0.29, 0.717) is 6.16 Å². The van der Waals surface area contributed by atoms with Gasteiger partial charge in [0.05, 0.1) is 6.42 Å². The van der Waals surface area contributed by atoms with Crippen molar-refractivity contribution in [3.63, 3.8) is 0 Å². The highest BCUT2D eigenvalue weighted by molar-refractivity contribution is 7.46. The predicted octanol–water partition coefficient (Wildman–Crippen LogP) is 2.17. The lowest BCUT2D eigenvalue weighted by Crippen LogP contribution is -1.88. The lowest BCUT2D eigenvalue weighted by molar-refractivity contribution is -0.111. The molecule has 0 fully saturated rings. The fourth-order valence-electron chi connectivity index (χ4n) is 0.272. The molecule has 0 radical (unpaired) electrons. The SMILES string of the molecule is O=C(Cl)CC[P+](=O)CCl. The second-order valence-electron chi connectivity index (χ2n) is 1.43. The third kappa shape index (κ3) is 6.23. The molecule has 0 aromatic heterocycles. The molecule has 1 unspecified atom stereocenters. The Hall–Kier alpha value is 0.350. The summed E-state index contributed by atoms with van der Waals surface area (Å²) in [7, 11) is -1.40. The third-order valence-electron chi connectivity index (χ3n) is 0.691. The Morgan fingerprint density at radius 1 is 1.56 bits per heavy atom. The van der Waals surface area contributed by atoms with Gasteiger partial charge < -0.3 is 0 Å². The van der Waals surface area contributed by atoms with Crippen LogP contribution in [0.1, 0.15) is 6.42 Å². The van der Waals surface area contributed by atoms with Crippen LogP contribution in [0.15, 0.2) is 0 Å². The van der Waals surface area contributed by atoms with Crippen molar-refractivity contribution in [2.45, 2.75) is 6.42 Å². The molecule has 0 saturated heterocycles. The van der Waals surface area contributed by atoms with Crippen LogP contribution in [0.4, 0.5) is 0 Å². The van der Waals surface area contributed by atoms with Gasteiger partial charge in [-0.05, 0) is 11.6 Å². The number of alkyl halides is 1. The number of halogens is 2. The molecule has 5 heteroatoms. The summed E-state index contributed by atoms with van der Waals surface area (Å²) in [6.07, 6.45) is 0.463. The first-order valence-electron chi connectivity index (χ1n) is 2.33. The monoisotopic (exact) mass is 187 g/mol. The van der Waals surface area contributed by atoms with Crippen molar-refractivity contribution in [1.29, 1.82) is 0 Å². The van der Waals surface area contributed by atoms with Gasteiger partial charge in [-0.2, -0.15) is 0 Å². The summed E-state index contributed by atoms with van der Waals surface area (Å²) in [5.74, 6) is 0. The van der Waals surface area contributed by atoms with Gasteiger partial charge >= 0.3 is 7.80 Å². The zero-order valence-corrected chi connectivity index (χ0v) is 7.05. The largest absolute Gasteiger partial charge is 0.355 e. The van der Waals surface area contributed by atoms with E-state index >= 15 is 0 Å². The van der Waals surface area contributed by atoms with Crippen molar-refractivity contribution >= 4 is 36.2 Å². The topological polar surface area (TPSA) is 34.1 Å². The summed E-state index contributed by atoms with van der Waals surface area (Å²) in [5, 5.41) is -0.455. The molecule has 2 nitrogen and oxygen atoms in total. The number of carbonyl (C=O) groups is 1. The first-order chi connectivity index (χ1) is 4.16. The highest BCUT2D eigenvalue weighted by Gasteiger charge is 2.13. The Balaban J connectivity index is 3.28. The molecule has 0 aliphatic rings. The fourth-order valence-corrected chi connectivity index (χ4v) is 1.43. The van der Waals surface area contributed by atoms with E-state index in [2.05, 4.69) is 0 Å². The van der Waals surface area contributed by atoms with E-state index in [4.69, 9.17) is 23.2 Å². The Morgan fingerprint density at radius 3 is 2.44 bits per heavy atom. The molecule has 9 heavy (non-hydrogen) atoms. The molecule has 52 valence electrons. The van der Waals surface area contributed by atoms with E-state index in [-0.39, 0.29) is 12.0 Å². The van der Waals surface area contributed by atoms with Crippen molar-refractivity contribution in [1.82, 2.24) is 0 Å². The molecule has 0 N–H and O–H groups in total. The molecule has 0 bridgehead atoms. The van der Waals surface area contributed by atoms with Crippen molar-refractivity contribution < 1.29 is 9.36 Å². The second-order valence-corrected chi connectivity index (χ2v) is 4.22. The average molecular weight is 188 g/mol. The van der Waals surface area contributed by atoms with Crippen LogP contribution in [0.2, 0.25) is 0 Å². The molecule has 0 saturated carbocycles. The van der Waals surface area contributed by atoms with Gasteiger partial charge in [0.15, 0.2) is 6.16 Å². The Bertz CT molecular complexity index is 126. The fraction of sp³-hybridized carbons (Fsp3) is 0.750. The van der Waals surface area contributed by atoms with E-state index in [1.807, 2.05) is 0 Å². The summed E-state index contributed by atoms with van der Waals surface area (Å²) in [6.45, 7) is 0. The van der Waals surface area contributed by atoms with Gasteiger partial charge in [0, 0.05) is 0 Å². The molecule has 0 amide bonds. The highest BCUT2D eigenvalue weighted by atomic mass is 35.5. The maximum Gasteiger partial charge on any atom is 0.355 e. The van der Waals surface area contributed by atoms with E-state index in [0.717, 1.165) is 0 Å². The Morgan fingerprint density at radius 2 is 2.11 bits per heavy atom.